The van der Waals surface area contributed by atoms with Crippen LogP contribution in [0.25, 0.3) is 0 Å². The molecule has 0 saturated carbocycles. The van der Waals surface area contributed by atoms with Gasteiger partial charge in [0.2, 0.25) is 11.1 Å². The van der Waals surface area contributed by atoms with Crippen molar-refractivity contribution in [1.29, 1.82) is 0 Å². The molecule has 4 nitrogen and oxygen atoms in total. The monoisotopic (exact) mass is 290 g/mol. The fraction of sp³-hybridized carbons (Fsp3) is 0.143. The third-order valence-corrected chi connectivity index (χ3v) is 4.15. The number of hydrogen-bond donors (Lipinski definition) is 2. The second-order valence-electron chi connectivity index (χ2n) is 2.50. The molecule has 14 heavy (non-hydrogen) atoms. The molecular formula is C7H7BrN4S2. The van der Waals surface area contributed by atoms with Crippen LogP contribution in [0, 0.1) is 0 Å². The summed E-state index contributed by atoms with van der Waals surface area (Å²) in [6.45, 7) is 0.743. The first kappa shape index (κ1) is 9.88. The molecule has 0 atom stereocenters. The molecule has 74 valence electrons. The first-order chi connectivity index (χ1) is 6.75. The number of nitrogen functional groups attached to an aromatic ring is 1. The summed E-state index contributed by atoms with van der Waals surface area (Å²) in [5.74, 6) is 0.322. The minimum atomic E-state index is 0.322. The number of halogens is 1. The molecule has 3 N–H and O–H groups in total. The van der Waals surface area contributed by atoms with Crippen molar-refractivity contribution in [3.63, 3.8) is 0 Å². The second-order valence-corrected chi connectivity index (χ2v) is 5.11. The van der Waals surface area contributed by atoms with Crippen LogP contribution in [-0.2, 0) is 6.54 Å². The van der Waals surface area contributed by atoms with E-state index in [1.165, 1.54) is 16.4 Å². The number of thiophene rings is 1. The van der Waals surface area contributed by atoms with Gasteiger partial charge in [-0.2, -0.15) is 9.36 Å². The van der Waals surface area contributed by atoms with Crippen LogP contribution >= 0.6 is 38.8 Å². The summed E-state index contributed by atoms with van der Waals surface area (Å²) >= 11 is 6.42. The van der Waals surface area contributed by atoms with Gasteiger partial charge in [0.25, 0.3) is 0 Å². The third kappa shape index (κ3) is 2.23. The molecule has 2 aromatic heterocycles. The van der Waals surface area contributed by atoms with Crippen molar-refractivity contribution < 1.29 is 0 Å². The van der Waals surface area contributed by atoms with Crippen LogP contribution in [0.1, 0.15) is 4.88 Å². The standard InChI is InChI=1S/C7H7BrN4S2/c8-4-1-2-13-5(4)3-10-7-11-6(9)12-14-7/h1-2H,3H2,(H3,9,10,11,12). The molecule has 0 fully saturated rings. The summed E-state index contributed by atoms with van der Waals surface area (Å²) in [4.78, 5) is 5.24. The van der Waals surface area contributed by atoms with E-state index >= 15 is 0 Å². The predicted octanol–water partition coefficient (Wildman–Crippen LogP) is 2.56. The SMILES string of the molecule is Nc1nsc(NCc2sccc2Br)n1. The van der Waals surface area contributed by atoms with Crippen LogP contribution < -0.4 is 11.1 Å². The fourth-order valence-electron chi connectivity index (χ4n) is 0.914. The van der Waals surface area contributed by atoms with Gasteiger partial charge in [-0.05, 0) is 27.4 Å². The average Bonchev–Trinajstić information content (AvgIpc) is 2.72. The minimum absolute atomic E-state index is 0.322. The van der Waals surface area contributed by atoms with Crippen molar-refractivity contribution in [3.8, 4) is 0 Å². The van der Waals surface area contributed by atoms with E-state index in [-0.39, 0.29) is 0 Å². The highest BCUT2D eigenvalue weighted by atomic mass is 79.9. The van der Waals surface area contributed by atoms with E-state index in [4.69, 9.17) is 5.73 Å². The minimum Gasteiger partial charge on any atom is -0.367 e. The second kappa shape index (κ2) is 4.24. The van der Waals surface area contributed by atoms with Crippen molar-refractivity contribution in [3.05, 3.63) is 20.8 Å². The summed E-state index contributed by atoms with van der Waals surface area (Å²) < 4.78 is 4.99. The van der Waals surface area contributed by atoms with Crippen LogP contribution in [0.4, 0.5) is 11.1 Å². The van der Waals surface area contributed by atoms with Crippen LogP contribution in [0.3, 0.4) is 0 Å². The molecule has 0 bridgehead atoms. The Morgan fingerprint density at radius 1 is 1.57 bits per heavy atom. The van der Waals surface area contributed by atoms with Gasteiger partial charge >= 0.3 is 0 Å². The van der Waals surface area contributed by atoms with Gasteiger partial charge in [0.1, 0.15) is 0 Å². The van der Waals surface area contributed by atoms with E-state index in [0.29, 0.717) is 5.95 Å². The fourth-order valence-corrected chi connectivity index (χ4v) is 2.84. The Bertz CT molecular complexity index is 425. The van der Waals surface area contributed by atoms with Crippen molar-refractivity contribution in [2.75, 3.05) is 11.1 Å². The first-order valence-corrected chi connectivity index (χ1v) is 6.25. The van der Waals surface area contributed by atoms with E-state index in [2.05, 4.69) is 30.6 Å². The number of nitrogens with two attached hydrogens (primary N) is 1. The lowest BCUT2D eigenvalue weighted by atomic mass is 10.5. The predicted molar refractivity (Wildman–Crippen MR) is 63.7 cm³/mol. The van der Waals surface area contributed by atoms with Gasteiger partial charge in [0.15, 0.2) is 0 Å². The van der Waals surface area contributed by atoms with Gasteiger partial charge in [-0.25, -0.2) is 0 Å². The number of aromatic nitrogens is 2. The Labute approximate surface area is 97.5 Å². The Morgan fingerprint density at radius 3 is 3.00 bits per heavy atom. The third-order valence-electron chi connectivity index (χ3n) is 1.53. The average molecular weight is 291 g/mol. The van der Waals surface area contributed by atoms with Crippen molar-refractivity contribution in [2.24, 2.45) is 0 Å². The normalized spacial score (nSPS) is 10.4. The van der Waals surface area contributed by atoms with E-state index in [9.17, 15) is 0 Å². The van der Waals surface area contributed by atoms with E-state index in [0.717, 1.165) is 16.1 Å². The van der Waals surface area contributed by atoms with Gasteiger partial charge < -0.3 is 11.1 Å². The van der Waals surface area contributed by atoms with Crippen molar-refractivity contribution in [1.82, 2.24) is 9.36 Å². The number of rotatable bonds is 3. The number of nitrogens with one attached hydrogen (secondary N) is 1. The number of anilines is 2. The summed E-state index contributed by atoms with van der Waals surface area (Å²) in [5, 5.41) is 5.94. The van der Waals surface area contributed by atoms with Crippen molar-refractivity contribution >= 4 is 49.9 Å². The van der Waals surface area contributed by atoms with Gasteiger partial charge in [-0.1, -0.05) is 0 Å². The highest BCUT2D eigenvalue weighted by Gasteiger charge is 2.03. The molecule has 0 aromatic carbocycles. The molecule has 2 heterocycles. The zero-order chi connectivity index (χ0) is 9.97. The zero-order valence-corrected chi connectivity index (χ0v) is 10.2. The smallest absolute Gasteiger partial charge is 0.233 e. The topological polar surface area (TPSA) is 63.8 Å². The summed E-state index contributed by atoms with van der Waals surface area (Å²) in [7, 11) is 0. The number of nitrogens with zero attached hydrogens (tertiary/aromatic N) is 2. The van der Waals surface area contributed by atoms with Crippen LogP contribution in [0.15, 0.2) is 15.9 Å². The van der Waals surface area contributed by atoms with Gasteiger partial charge in [-0.15, -0.1) is 11.3 Å². The van der Waals surface area contributed by atoms with Crippen LogP contribution in [-0.4, -0.2) is 9.36 Å². The molecule has 2 rings (SSSR count). The highest BCUT2D eigenvalue weighted by molar-refractivity contribution is 9.10. The Morgan fingerprint density at radius 2 is 2.43 bits per heavy atom. The molecule has 0 unspecified atom stereocenters. The lowest BCUT2D eigenvalue weighted by Gasteiger charge is -1.99. The molecule has 0 aliphatic heterocycles. The molecule has 7 heteroatoms. The Balaban J connectivity index is 1.98. The van der Waals surface area contributed by atoms with Gasteiger partial charge in [0, 0.05) is 20.9 Å². The van der Waals surface area contributed by atoms with Crippen LogP contribution in [0.5, 0.6) is 0 Å². The highest BCUT2D eigenvalue weighted by Crippen LogP contribution is 2.24. The lowest BCUT2D eigenvalue weighted by Crippen LogP contribution is -1.97. The maximum atomic E-state index is 5.40. The van der Waals surface area contributed by atoms with Crippen molar-refractivity contribution in [2.45, 2.75) is 6.54 Å². The van der Waals surface area contributed by atoms with E-state index < -0.39 is 0 Å². The Kier molecular flexibility index (Phi) is 2.99. The maximum absolute atomic E-state index is 5.40. The summed E-state index contributed by atoms with van der Waals surface area (Å²) in [5.41, 5.74) is 5.40. The summed E-state index contributed by atoms with van der Waals surface area (Å²) in [6, 6.07) is 2.02. The molecule has 0 radical (unpaired) electrons. The largest absolute Gasteiger partial charge is 0.367 e. The molecule has 0 spiro atoms. The quantitative estimate of drug-likeness (QED) is 0.912. The Hall–Kier alpha value is -0.660. The summed E-state index contributed by atoms with van der Waals surface area (Å²) in [6.07, 6.45) is 0. The molecule has 0 amide bonds. The van der Waals surface area contributed by atoms with Crippen LogP contribution in [0.2, 0.25) is 0 Å². The molecule has 0 aliphatic carbocycles. The van der Waals surface area contributed by atoms with Gasteiger partial charge in [0.05, 0.1) is 6.54 Å². The maximum Gasteiger partial charge on any atom is 0.233 e. The van der Waals surface area contributed by atoms with E-state index in [1.807, 2.05) is 11.4 Å². The van der Waals surface area contributed by atoms with Gasteiger partial charge in [-0.3, -0.25) is 0 Å². The molecule has 0 saturated heterocycles. The first-order valence-electron chi connectivity index (χ1n) is 3.80. The molecule has 2 aromatic rings. The number of hydrogen-bond acceptors (Lipinski definition) is 6. The molecule has 0 aliphatic rings. The van der Waals surface area contributed by atoms with E-state index in [1.54, 1.807) is 11.3 Å². The molecular weight excluding hydrogens is 284 g/mol. The zero-order valence-electron chi connectivity index (χ0n) is 7.03. The lowest BCUT2D eigenvalue weighted by molar-refractivity contribution is 1.16.